The topological polar surface area (TPSA) is 162 Å². The highest BCUT2D eigenvalue weighted by Crippen LogP contribution is 2.25. The van der Waals surface area contributed by atoms with Gasteiger partial charge in [0.25, 0.3) is 11.8 Å². The highest BCUT2D eigenvalue weighted by Gasteiger charge is 2.16. The monoisotopic (exact) mass is 612 g/mol. The number of carbonyl (C=O) groups excluding carboxylic acids is 2. The Bertz CT molecular complexity index is 2070. The number of nitrogens with zero attached hydrogens (tertiary/aromatic N) is 4. The first-order valence-electron chi connectivity index (χ1n) is 15.2. The van der Waals surface area contributed by atoms with Crippen molar-refractivity contribution >= 4 is 55.9 Å². The summed E-state index contributed by atoms with van der Waals surface area (Å²) in [6.07, 6.45) is 0.710. The fourth-order valence-corrected chi connectivity index (χ4v) is 5.57. The second-order valence-corrected chi connectivity index (χ2v) is 11.6. The van der Waals surface area contributed by atoms with E-state index >= 15 is 0 Å². The molecule has 0 radical (unpaired) electrons. The van der Waals surface area contributed by atoms with E-state index in [0.717, 1.165) is 44.3 Å². The molecule has 0 saturated heterocycles. The first-order valence-corrected chi connectivity index (χ1v) is 15.2. The summed E-state index contributed by atoms with van der Waals surface area (Å²) in [6, 6.07) is 18.9. The van der Waals surface area contributed by atoms with Gasteiger partial charge in [0.1, 0.15) is 11.0 Å². The minimum Gasteiger partial charge on any atom is -0.401 e. The van der Waals surface area contributed by atoms with Crippen molar-refractivity contribution in [2.45, 2.75) is 40.5 Å². The SMILES string of the molecule is Cc1ccc(C)c2nc3c(C(=O)NCC/C(N)=C(\N)CCNC(=O)c4cccc5nc6c(C)ccc(C)c6nc45)cccc3nc12. The Hall–Kier alpha value is -5.64. The van der Waals surface area contributed by atoms with Crippen molar-refractivity contribution in [3.05, 3.63) is 105 Å². The minimum atomic E-state index is -0.264. The van der Waals surface area contributed by atoms with E-state index in [1.807, 2.05) is 64.1 Å². The summed E-state index contributed by atoms with van der Waals surface area (Å²) >= 11 is 0. The van der Waals surface area contributed by atoms with Crippen LogP contribution in [0.3, 0.4) is 0 Å². The van der Waals surface area contributed by atoms with Gasteiger partial charge in [-0.1, -0.05) is 36.4 Å². The van der Waals surface area contributed by atoms with Crippen LogP contribution in [0.15, 0.2) is 72.1 Å². The van der Waals surface area contributed by atoms with Gasteiger partial charge < -0.3 is 22.1 Å². The van der Waals surface area contributed by atoms with E-state index in [0.29, 0.717) is 57.4 Å². The fourth-order valence-electron chi connectivity index (χ4n) is 5.57. The van der Waals surface area contributed by atoms with Crippen LogP contribution in [0.1, 0.15) is 55.8 Å². The summed E-state index contributed by atoms with van der Waals surface area (Å²) < 4.78 is 0. The number of fused-ring (bicyclic) bond motifs is 4. The Balaban J connectivity index is 1.08. The Morgan fingerprint density at radius 1 is 0.522 bits per heavy atom. The second kappa shape index (κ2) is 12.4. The van der Waals surface area contributed by atoms with Gasteiger partial charge in [0, 0.05) is 37.3 Å². The van der Waals surface area contributed by atoms with Gasteiger partial charge >= 0.3 is 0 Å². The number of carbonyl (C=O) groups is 2. The molecule has 10 nitrogen and oxygen atoms in total. The number of amides is 2. The molecule has 0 bridgehead atoms. The number of para-hydroxylation sites is 2. The van der Waals surface area contributed by atoms with Crippen LogP contribution in [-0.2, 0) is 0 Å². The molecule has 4 aromatic carbocycles. The maximum atomic E-state index is 13.2. The largest absolute Gasteiger partial charge is 0.401 e. The zero-order valence-electron chi connectivity index (χ0n) is 26.4. The molecule has 46 heavy (non-hydrogen) atoms. The normalized spacial score (nSPS) is 12.1. The number of aromatic nitrogens is 4. The molecule has 0 unspecified atom stereocenters. The molecule has 2 heterocycles. The van der Waals surface area contributed by atoms with Crippen LogP contribution in [0.4, 0.5) is 0 Å². The molecule has 6 aromatic rings. The summed E-state index contributed by atoms with van der Waals surface area (Å²) in [5.74, 6) is -0.529. The van der Waals surface area contributed by atoms with Gasteiger partial charge in [-0.3, -0.25) is 9.59 Å². The number of hydrogen-bond acceptors (Lipinski definition) is 8. The Morgan fingerprint density at radius 3 is 1.24 bits per heavy atom. The van der Waals surface area contributed by atoms with Crippen molar-refractivity contribution in [3.8, 4) is 0 Å². The summed E-state index contributed by atoms with van der Waals surface area (Å²) in [7, 11) is 0. The zero-order chi connectivity index (χ0) is 32.5. The molecule has 0 saturated carbocycles. The van der Waals surface area contributed by atoms with Crippen LogP contribution in [0, 0.1) is 27.7 Å². The number of hydrogen-bond donors (Lipinski definition) is 4. The van der Waals surface area contributed by atoms with E-state index in [-0.39, 0.29) is 24.9 Å². The molecule has 6 N–H and O–H groups in total. The van der Waals surface area contributed by atoms with Crippen molar-refractivity contribution < 1.29 is 9.59 Å². The first kappa shape index (κ1) is 30.4. The second-order valence-electron chi connectivity index (χ2n) is 11.6. The lowest BCUT2D eigenvalue weighted by molar-refractivity contribution is 0.0946. The van der Waals surface area contributed by atoms with E-state index in [4.69, 9.17) is 31.4 Å². The van der Waals surface area contributed by atoms with Gasteiger partial charge in [-0.25, -0.2) is 19.9 Å². The zero-order valence-corrected chi connectivity index (χ0v) is 26.4. The standard InChI is InChI=1S/C36H36N8O2/c1-19-11-13-21(3)31-29(19)41-27-9-5-7-23(33(27)43-31)35(45)39-17-15-25(37)26(38)16-18-40-36(46)24-8-6-10-28-34(24)44-32-22(4)14-12-20(2)30(32)42-28/h5-14H,15-18,37-38H2,1-4H3,(H,39,45)(H,40,46)/b26-25+. The predicted molar refractivity (Wildman–Crippen MR) is 182 cm³/mol. The number of rotatable bonds is 8. The van der Waals surface area contributed by atoms with Crippen LogP contribution < -0.4 is 22.1 Å². The van der Waals surface area contributed by atoms with E-state index in [9.17, 15) is 9.59 Å². The van der Waals surface area contributed by atoms with Crippen molar-refractivity contribution in [3.63, 3.8) is 0 Å². The maximum Gasteiger partial charge on any atom is 0.253 e. The third-order valence-corrected chi connectivity index (χ3v) is 8.31. The van der Waals surface area contributed by atoms with E-state index < -0.39 is 0 Å². The Kier molecular flexibility index (Phi) is 8.19. The molecule has 6 rings (SSSR count). The minimum absolute atomic E-state index is 0.264. The summed E-state index contributed by atoms with van der Waals surface area (Å²) in [5.41, 5.74) is 24.0. The predicted octanol–water partition coefficient (Wildman–Crippen LogP) is 5.18. The van der Waals surface area contributed by atoms with Crippen molar-refractivity contribution in [2.75, 3.05) is 13.1 Å². The molecule has 232 valence electrons. The van der Waals surface area contributed by atoms with Crippen molar-refractivity contribution in [1.29, 1.82) is 0 Å². The van der Waals surface area contributed by atoms with Crippen LogP contribution in [0.2, 0.25) is 0 Å². The lowest BCUT2D eigenvalue weighted by Gasteiger charge is -2.12. The summed E-state index contributed by atoms with van der Waals surface area (Å²) in [6.45, 7) is 8.54. The summed E-state index contributed by atoms with van der Waals surface area (Å²) in [4.78, 5) is 45.5. The van der Waals surface area contributed by atoms with Gasteiger partial charge in [0.15, 0.2) is 0 Å². The van der Waals surface area contributed by atoms with Crippen LogP contribution in [-0.4, -0.2) is 44.8 Å². The van der Waals surface area contributed by atoms with Crippen LogP contribution >= 0.6 is 0 Å². The molecular weight excluding hydrogens is 576 g/mol. The number of aryl methyl sites for hydroxylation is 4. The highest BCUT2D eigenvalue weighted by atomic mass is 16.2. The van der Waals surface area contributed by atoms with Gasteiger partial charge in [-0.05, 0) is 74.2 Å². The molecule has 2 amide bonds. The smallest absolute Gasteiger partial charge is 0.253 e. The first-order chi connectivity index (χ1) is 22.1. The molecule has 0 spiro atoms. The van der Waals surface area contributed by atoms with Gasteiger partial charge in [0.05, 0.1) is 44.2 Å². The molecule has 0 atom stereocenters. The van der Waals surface area contributed by atoms with Crippen molar-refractivity contribution in [2.24, 2.45) is 11.5 Å². The molecule has 0 aliphatic heterocycles. The summed E-state index contributed by atoms with van der Waals surface area (Å²) in [5, 5.41) is 5.85. The number of nitrogens with two attached hydrogens (primary N) is 2. The number of benzene rings is 4. The molecule has 10 heteroatoms. The van der Waals surface area contributed by atoms with Crippen LogP contribution in [0.5, 0.6) is 0 Å². The Labute approximate surface area is 266 Å². The van der Waals surface area contributed by atoms with Gasteiger partial charge in [-0.2, -0.15) is 0 Å². The molecule has 0 fully saturated rings. The maximum absolute atomic E-state index is 13.2. The van der Waals surface area contributed by atoms with E-state index in [1.54, 1.807) is 24.3 Å². The highest BCUT2D eigenvalue weighted by molar-refractivity contribution is 6.07. The number of nitrogens with one attached hydrogen (secondary N) is 2. The fraction of sp³-hybridized carbons (Fsp3) is 0.222. The quantitative estimate of drug-likeness (QED) is 0.171. The van der Waals surface area contributed by atoms with Gasteiger partial charge in [-0.15, -0.1) is 0 Å². The van der Waals surface area contributed by atoms with E-state index in [2.05, 4.69) is 10.6 Å². The van der Waals surface area contributed by atoms with E-state index in [1.165, 1.54) is 0 Å². The molecule has 2 aromatic heterocycles. The van der Waals surface area contributed by atoms with Crippen LogP contribution in [0.25, 0.3) is 44.1 Å². The molecule has 0 aliphatic rings. The molecule has 0 aliphatic carbocycles. The average Bonchev–Trinajstić information content (AvgIpc) is 3.06. The molecular formula is C36H36N8O2. The third kappa shape index (κ3) is 5.77. The Morgan fingerprint density at radius 2 is 0.870 bits per heavy atom. The van der Waals surface area contributed by atoms with Crippen molar-refractivity contribution in [1.82, 2.24) is 30.6 Å². The third-order valence-electron chi connectivity index (χ3n) is 8.31. The average molecular weight is 613 g/mol. The lowest BCUT2D eigenvalue weighted by Crippen LogP contribution is -2.28. The lowest BCUT2D eigenvalue weighted by atomic mass is 10.1. The van der Waals surface area contributed by atoms with Gasteiger partial charge in [0.2, 0.25) is 0 Å².